The molecule has 1 aromatic heterocycles. The van der Waals surface area contributed by atoms with Gasteiger partial charge in [-0.1, -0.05) is 13.3 Å². The molecule has 41 heavy (non-hydrogen) atoms. The van der Waals surface area contributed by atoms with Crippen LogP contribution >= 0.6 is 7.82 Å². The summed E-state index contributed by atoms with van der Waals surface area (Å²) in [6.07, 6.45) is -3.10. The first-order chi connectivity index (χ1) is 19.4. The molecule has 0 bridgehead atoms. The van der Waals surface area contributed by atoms with Crippen LogP contribution in [0.1, 0.15) is 38.0 Å². The number of hydrogen-bond donors (Lipinski definition) is 6. The van der Waals surface area contributed by atoms with Gasteiger partial charge in [0, 0.05) is 31.8 Å². The first-order valence-corrected chi connectivity index (χ1v) is 14.0. The van der Waals surface area contributed by atoms with E-state index >= 15 is 0 Å². The Morgan fingerprint density at radius 3 is 2.44 bits per heavy atom. The summed E-state index contributed by atoms with van der Waals surface area (Å²) in [7, 11) is -1.20. The van der Waals surface area contributed by atoms with E-state index in [1.54, 1.807) is 0 Å². The molecule has 4 unspecified atom stereocenters. The van der Waals surface area contributed by atoms with Crippen LogP contribution in [0.2, 0.25) is 0 Å². The number of alkyl carbamates (subject to hydrolysis) is 2. The molecule has 6 atom stereocenters. The lowest BCUT2D eigenvalue weighted by atomic mass is 10.0. The summed E-state index contributed by atoms with van der Waals surface area (Å²) in [6, 6.07) is -2.10. The molecule has 0 aromatic carbocycles. The van der Waals surface area contributed by atoms with Gasteiger partial charge in [0.2, 0.25) is 5.91 Å². The molecule has 3 amide bonds. The van der Waals surface area contributed by atoms with Crippen LogP contribution in [-0.4, -0.2) is 96.4 Å². The topological polar surface area (TPSA) is 246 Å². The normalized spacial score (nSPS) is 21.3. The van der Waals surface area contributed by atoms with Gasteiger partial charge in [0.25, 0.3) is 5.56 Å². The van der Waals surface area contributed by atoms with Crippen molar-refractivity contribution >= 4 is 25.9 Å². The molecule has 1 fully saturated rings. The van der Waals surface area contributed by atoms with E-state index in [4.69, 9.17) is 9.26 Å². The molecule has 6 N–H and O–H groups in total. The highest BCUT2D eigenvalue weighted by atomic mass is 31.2. The van der Waals surface area contributed by atoms with E-state index in [1.807, 2.05) is 6.92 Å². The number of aliphatic hydroxyl groups is 1. The maximum absolute atomic E-state index is 13.0. The van der Waals surface area contributed by atoms with Crippen molar-refractivity contribution in [3.8, 4) is 0 Å². The molecule has 18 nitrogen and oxygen atoms in total. The fraction of sp³-hybridized carbons (Fsp3) is 0.682. The second-order valence-corrected chi connectivity index (χ2v) is 10.4. The zero-order valence-corrected chi connectivity index (χ0v) is 23.9. The SMILES string of the molecule is CCCC(NC(=O)OC)C(NC(=O)OC)C(=O)NCCc1cn([C@@H]2CC(OP(=O)(O)OC)[C@H](CO)O2)c(=O)[nH]c1=O. The van der Waals surface area contributed by atoms with Crippen molar-refractivity contribution in [2.75, 3.05) is 34.5 Å². The van der Waals surface area contributed by atoms with Gasteiger partial charge in [-0.3, -0.25) is 28.2 Å². The van der Waals surface area contributed by atoms with Gasteiger partial charge in [-0.15, -0.1) is 0 Å². The molecule has 0 spiro atoms. The number of ether oxygens (including phenoxy) is 3. The van der Waals surface area contributed by atoms with Crippen molar-refractivity contribution in [1.29, 1.82) is 0 Å². The number of aromatic amines is 1. The number of rotatable bonds is 14. The summed E-state index contributed by atoms with van der Waals surface area (Å²) in [4.78, 5) is 73.4. The van der Waals surface area contributed by atoms with E-state index in [9.17, 15) is 38.5 Å². The number of aromatic nitrogens is 2. The Kier molecular flexibility index (Phi) is 12.9. The summed E-state index contributed by atoms with van der Waals surface area (Å²) in [5.74, 6) is -0.688. The molecule has 0 saturated carbocycles. The summed E-state index contributed by atoms with van der Waals surface area (Å²) in [5.41, 5.74) is -1.51. The summed E-state index contributed by atoms with van der Waals surface area (Å²) in [6.45, 7) is 1.10. The molecule has 0 radical (unpaired) electrons. The van der Waals surface area contributed by atoms with Gasteiger partial charge >= 0.3 is 25.7 Å². The molecule has 1 saturated heterocycles. The van der Waals surface area contributed by atoms with Crippen LogP contribution in [0.25, 0.3) is 0 Å². The monoisotopic (exact) mass is 609 g/mol. The maximum Gasteiger partial charge on any atom is 0.472 e. The minimum absolute atomic E-state index is 0.0680. The Bertz CT molecular complexity index is 1220. The number of carbonyl (C=O) groups is 3. The predicted molar refractivity (Wildman–Crippen MR) is 139 cm³/mol. The zero-order valence-electron chi connectivity index (χ0n) is 23.0. The summed E-state index contributed by atoms with van der Waals surface area (Å²) >= 11 is 0. The highest BCUT2D eigenvalue weighted by molar-refractivity contribution is 7.47. The zero-order chi connectivity index (χ0) is 30.7. The minimum atomic E-state index is -4.43. The quantitative estimate of drug-likeness (QED) is 0.137. The smallest absolute Gasteiger partial charge is 0.453 e. The third-order valence-corrected chi connectivity index (χ3v) is 7.14. The van der Waals surface area contributed by atoms with Crippen LogP contribution in [0.5, 0.6) is 0 Å². The first kappa shape index (κ1) is 33.9. The van der Waals surface area contributed by atoms with Crippen LogP contribution in [0.15, 0.2) is 15.8 Å². The number of phosphoric acid groups is 1. The van der Waals surface area contributed by atoms with Gasteiger partial charge in [0.1, 0.15) is 24.5 Å². The molecule has 1 aromatic rings. The lowest BCUT2D eigenvalue weighted by Crippen LogP contribution is -2.58. The molecule has 2 rings (SSSR count). The number of methoxy groups -OCH3 is 2. The van der Waals surface area contributed by atoms with E-state index in [1.165, 1.54) is 6.20 Å². The Morgan fingerprint density at radius 1 is 1.20 bits per heavy atom. The van der Waals surface area contributed by atoms with Crippen molar-refractivity contribution in [2.24, 2.45) is 0 Å². The third kappa shape index (κ3) is 9.65. The van der Waals surface area contributed by atoms with Crippen LogP contribution in [-0.2, 0) is 39.0 Å². The average Bonchev–Trinajstić information content (AvgIpc) is 3.33. The molecule has 2 heterocycles. The standard InChI is InChI=1S/C22H36N5O13P/c1-5-6-13(24-21(32)36-2)17(25-22(33)37-3)19(30)23-8-7-12-10-27(20(31)26-18(12)29)16-9-14(15(11-28)39-16)40-41(34,35)38-4/h10,13-17,28H,5-9,11H2,1-4H3,(H,23,30)(H,24,32)(H,25,33)(H,34,35)(H,26,29,31)/t13?,14?,15-,16-,17?/m0/s1. The Hall–Kier alpha value is -3.28. The lowest BCUT2D eigenvalue weighted by molar-refractivity contribution is -0.123. The predicted octanol–water partition coefficient (Wildman–Crippen LogP) is -1.14. The minimum Gasteiger partial charge on any atom is -0.453 e. The van der Waals surface area contributed by atoms with Crippen molar-refractivity contribution in [3.05, 3.63) is 32.6 Å². The van der Waals surface area contributed by atoms with Crippen LogP contribution in [0.4, 0.5) is 9.59 Å². The molecular formula is C22H36N5O13P. The van der Waals surface area contributed by atoms with Crippen LogP contribution in [0.3, 0.4) is 0 Å². The number of hydrogen-bond acceptors (Lipinski definition) is 12. The Labute approximate surface area is 234 Å². The largest absolute Gasteiger partial charge is 0.472 e. The number of carbonyl (C=O) groups excluding carboxylic acids is 3. The molecule has 1 aliphatic rings. The molecular weight excluding hydrogens is 573 g/mol. The highest BCUT2D eigenvalue weighted by Crippen LogP contribution is 2.47. The fourth-order valence-electron chi connectivity index (χ4n) is 4.09. The van der Waals surface area contributed by atoms with Gasteiger partial charge in [-0.2, -0.15) is 0 Å². The number of nitrogens with one attached hydrogen (secondary N) is 4. The van der Waals surface area contributed by atoms with Gasteiger partial charge < -0.3 is 40.2 Å². The van der Waals surface area contributed by atoms with Gasteiger partial charge in [0.15, 0.2) is 0 Å². The van der Waals surface area contributed by atoms with E-state index in [0.29, 0.717) is 12.8 Å². The van der Waals surface area contributed by atoms with Crippen molar-refractivity contribution < 1.29 is 52.2 Å². The van der Waals surface area contributed by atoms with Crippen molar-refractivity contribution in [2.45, 2.75) is 63.1 Å². The molecule has 19 heteroatoms. The second-order valence-electron chi connectivity index (χ2n) is 8.85. The number of aliphatic hydroxyl groups excluding tert-OH is 1. The van der Waals surface area contributed by atoms with Crippen molar-refractivity contribution in [1.82, 2.24) is 25.5 Å². The second kappa shape index (κ2) is 15.6. The van der Waals surface area contributed by atoms with Gasteiger partial charge in [-0.25, -0.2) is 18.9 Å². The molecule has 0 aliphatic carbocycles. The van der Waals surface area contributed by atoms with E-state index in [0.717, 1.165) is 25.9 Å². The third-order valence-electron chi connectivity index (χ3n) is 6.14. The summed E-state index contributed by atoms with van der Waals surface area (Å²) in [5, 5.41) is 17.0. The first-order valence-electron chi connectivity index (χ1n) is 12.5. The summed E-state index contributed by atoms with van der Waals surface area (Å²) < 4.78 is 37.0. The van der Waals surface area contributed by atoms with Crippen LogP contribution in [0, 0.1) is 0 Å². The number of H-pyrrole nitrogens is 1. The highest BCUT2D eigenvalue weighted by Gasteiger charge is 2.41. The molecule has 1 aliphatic heterocycles. The number of phosphoric ester groups is 1. The number of nitrogens with zero attached hydrogens (tertiary/aromatic N) is 1. The lowest BCUT2D eigenvalue weighted by Gasteiger charge is -2.27. The van der Waals surface area contributed by atoms with E-state index < -0.39 is 74.3 Å². The van der Waals surface area contributed by atoms with E-state index in [-0.39, 0.29) is 24.9 Å². The fourth-order valence-corrected chi connectivity index (χ4v) is 4.74. The Morgan fingerprint density at radius 2 is 1.85 bits per heavy atom. The van der Waals surface area contributed by atoms with Crippen molar-refractivity contribution in [3.63, 3.8) is 0 Å². The maximum atomic E-state index is 13.0. The molecule has 232 valence electrons. The Balaban J connectivity index is 2.18. The average molecular weight is 610 g/mol. The van der Waals surface area contributed by atoms with Crippen LogP contribution < -0.4 is 27.2 Å². The van der Waals surface area contributed by atoms with Gasteiger partial charge in [0.05, 0.1) is 26.9 Å². The number of amides is 3. The van der Waals surface area contributed by atoms with E-state index in [2.05, 4.69) is 34.9 Å². The van der Waals surface area contributed by atoms with Gasteiger partial charge in [-0.05, 0) is 12.8 Å².